The Hall–Kier alpha value is -2.40. The summed E-state index contributed by atoms with van der Waals surface area (Å²) in [5.41, 5.74) is 7.70. The molecular formula is C29H33N3OS. The molecule has 0 saturated heterocycles. The third-order valence-corrected chi connectivity index (χ3v) is 10.7. The van der Waals surface area contributed by atoms with E-state index >= 15 is 0 Å². The van der Waals surface area contributed by atoms with Crippen molar-refractivity contribution in [1.29, 1.82) is 0 Å². The fraction of sp³-hybridized carbons (Fsp3) is 0.517. The fourth-order valence-electron chi connectivity index (χ4n) is 8.35. The molecule has 2 saturated carbocycles. The molecule has 0 amide bonds. The molecule has 6 atom stereocenters. The van der Waals surface area contributed by atoms with Crippen molar-refractivity contribution < 1.29 is 4.74 Å². The maximum Gasteiger partial charge on any atom is 0.194 e. The number of imidazole rings is 1. The molecule has 4 aliphatic rings. The summed E-state index contributed by atoms with van der Waals surface area (Å²) in [5.74, 6) is 2.08. The van der Waals surface area contributed by atoms with Gasteiger partial charge >= 0.3 is 0 Å². The molecule has 0 bridgehead atoms. The Balaban J connectivity index is 1.23. The number of aromatic nitrogens is 3. The first-order valence-electron chi connectivity index (χ1n) is 13.0. The first-order valence-corrected chi connectivity index (χ1v) is 13.8. The molecule has 0 aliphatic heterocycles. The molecule has 34 heavy (non-hydrogen) atoms. The molecule has 2 heterocycles. The van der Waals surface area contributed by atoms with E-state index in [2.05, 4.69) is 66.1 Å². The smallest absolute Gasteiger partial charge is 0.194 e. The molecule has 0 spiro atoms. The second-order valence-electron chi connectivity index (χ2n) is 11.3. The Morgan fingerprint density at radius 2 is 2.00 bits per heavy atom. The molecule has 1 unspecified atom stereocenters. The largest absolute Gasteiger partial charge is 0.478 e. The lowest BCUT2D eigenvalue weighted by molar-refractivity contribution is -0.0645. The lowest BCUT2D eigenvalue weighted by Crippen LogP contribution is -2.55. The lowest BCUT2D eigenvalue weighted by Gasteiger charge is -2.59. The highest BCUT2D eigenvalue weighted by atomic mass is 32.1. The number of hydrogen-bond acceptors (Lipinski definition) is 4. The average Bonchev–Trinajstić information content (AvgIpc) is 3.58. The Labute approximate surface area is 205 Å². The summed E-state index contributed by atoms with van der Waals surface area (Å²) in [4.78, 5) is 8.98. The Kier molecular flexibility index (Phi) is 4.65. The zero-order valence-electron chi connectivity index (χ0n) is 20.1. The van der Waals surface area contributed by atoms with E-state index in [1.54, 1.807) is 16.9 Å². The number of rotatable bonds is 3. The Bertz CT molecular complexity index is 1290. The van der Waals surface area contributed by atoms with Gasteiger partial charge in [0.2, 0.25) is 0 Å². The number of allylic oxidation sites excluding steroid dienone is 3. The van der Waals surface area contributed by atoms with Gasteiger partial charge in [0.05, 0.1) is 22.7 Å². The highest BCUT2D eigenvalue weighted by Gasteiger charge is 2.59. The summed E-state index contributed by atoms with van der Waals surface area (Å²) < 4.78 is 9.06. The van der Waals surface area contributed by atoms with Crippen LogP contribution < -0.4 is 4.74 Å². The Morgan fingerprint density at radius 1 is 1.09 bits per heavy atom. The van der Waals surface area contributed by atoms with E-state index in [1.165, 1.54) is 49.7 Å². The van der Waals surface area contributed by atoms with Crippen LogP contribution in [0.2, 0.25) is 0 Å². The van der Waals surface area contributed by atoms with Crippen LogP contribution in [0.4, 0.5) is 0 Å². The van der Waals surface area contributed by atoms with Crippen molar-refractivity contribution in [1.82, 2.24) is 14.5 Å². The van der Waals surface area contributed by atoms with Gasteiger partial charge in [0.15, 0.2) is 5.06 Å². The molecule has 0 N–H and O–H groups in total. The predicted molar refractivity (Wildman–Crippen MR) is 138 cm³/mol. The molecule has 4 aliphatic carbocycles. The van der Waals surface area contributed by atoms with Crippen molar-refractivity contribution >= 4 is 28.1 Å². The third-order valence-electron chi connectivity index (χ3n) is 10.0. The van der Waals surface area contributed by atoms with Crippen molar-refractivity contribution in [2.75, 3.05) is 0 Å². The second-order valence-corrected chi connectivity index (χ2v) is 12.2. The zero-order valence-corrected chi connectivity index (χ0v) is 20.9. The maximum atomic E-state index is 6.67. The van der Waals surface area contributed by atoms with Gasteiger partial charge < -0.3 is 9.30 Å². The highest BCUT2D eigenvalue weighted by molar-refractivity contribution is 7.11. The predicted octanol–water partition coefficient (Wildman–Crippen LogP) is 7.35. The van der Waals surface area contributed by atoms with E-state index in [4.69, 9.17) is 9.72 Å². The first-order chi connectivity index (χ1) is 16.6. The number of fused-ring (bicyclic) bond motifs is 6. The van der Waals surface area contributed by atoms with Crippen LogP contribution in [-0.2, 0) is 0 Å². The van der Waals surface area contributed by atoms with Gasteiger partial charge in [0, 0.05) is 16.5 Å². The van der Waals surface area contributed by atoms with Crippen LogP contribution in [0.5, 0.6) is 5.06 Å². The van der Waals surface area contributed by atoms with Crippen LogP contribution in [0.25, 0.3) is 16.7 Å². The van der Waals surface area contributed by atoms with Crippen molar-refractivity contribution in [3.8, 4) is 5.06 Å². The van der Waals surface area contributed by atoms with Crippen molar-refractivity contribution in [2.24, 2.45) is 28.6 Å². The maximum absolute atomic E-state index is 6.67. The number of nitrogens with zero attached hydrogens (tertiary/aromatic N) is 3. The molecule has 1 aromatic carbocycles. The fourth-order valence-corrected chi connectivity index (χ4v) is 8.86. The van der Waals surface area contributed by atoms with Crippen LogP contribution in [0.3, 0.4) is 0 Å². The molecule has 0 radical (unpaired) electrons. The van der Waals surface area contributed by atoms with Gasteiger partial charge in [-0.1, -0.05) is 55.0 Å². The zero-order chi connectivity index (χ0) is 22.9. The number of hydrogen-bond donors (Lipinski definition) is 0. The normalized spacial score (nSPS) is 36.9. The van der Waals surface area contributed by atoms with Gasteiger partial charge in [-0.25, -0.2) is 9.97 Å². The van der Waals surface area contributed by atoms with Gasteiger partial charge in [-0.3, -0.25) is 0 Å². The summed E-state index contributed by atoms with van der Waals surface area (Å²) in [6.45, 7) is 5.07. The summed E-state index contributed by atoms with van der Waals surface area (Å²) in [6.07, 6.45) is 17.9. The van der Waals surface area contributed by atoms with E-state index in [0.717, 1.165) is 17.0 Å². The summed E-state index contributed by atoms with van der Waals surface area (Å²) in [6, 6.07) is 8.55. The average molecular weight is 472 g/mol. The van der Waals surface area contributed by atoms with Crippen molar-refractivity contribution in [3.63, 3.8) is 0 Å². The van der Waals surface area contributed by atoms with E-state index in [0.29, 0.717) is 17.8 Å². The molecule has 2 aromatic heterocycles. The minimum absolute atomic E-state index is 0.136. The molecular weight excluding hydrogens is 438 g/mol. The monoisotopic (exact) mass is 471 g/mol. The minimum atomic E-state index is 0.136. The second kappa shape index (κ2) is 7.55. The van der Waals surface area contributed by atoms with E-state index in [-0.39, 0.29) is 16.9 Å². The number of para-hydroxylation sites is 2. The molecule has 5 heteroatoms. The third kappa shape index (κ3) is 2.82. The van der Waals surface area contributed by atoms with E-state index in [9.17, 15) is 0 Å². The molecule has 3 aromatic rings. The van der Waals surface area contributed by atoms with Gasteiger partial charge in [-0.2, -0.15) is 0 Å². The highest BCUT2D eigenvalue weighted by Crippen LogP contribution is 2.66. The summed E-state index contributed by atoms with van der Waals surface area (Å²) in [5, 5.41) is 0.979. The van der Waals surface area contributed by atoms with Crippen LogP contribution in [-0.4, -0.2) is 20.6 Å². The van der Waals surface area contributed by atoms with Crippen LogP contribution in [0.15, 0.2) is 60.0 Å². The lowest BCUT2D eigenvalue weighted by atomic mass is 9.47. The van der Waals surface area contributed by atoms with E-state index in [1.807, 2.05) is 11.7 Å². The number of thiazole rings is 1. The van der Waals surface area contributed by atoms with Crippen molar-refractivity contribution in [3.05, 3.63) is 60.0 Å². The number of benzene rings is 1. The standard InChI is InChI=1S/C29H33N3OS/c1-28-15-14-22-20(21(28)12-13-25(28)32-17-31-23-7-3-4-8-24(23)32)11-10-19-6-5-9-26(29(19,22)2)33-27-16-30-18-34-27/h3-4,7-8,10,13,16-18,20-22,26H,5-6,9,11-12,14-15H2,1-2H3/t20-,21-,22-,26?,28-,29-/m0/s1. The van der Waals surface area contributed by atoms with E-state index < -0.39 is 0 Å². The minimum Gasteiger partial charge on any atom is -0.478 e. The summed E-state index contributed by atoms with van der Waals surface area (Å²) >= 11 is 1.63. The Morgan fingerprint density at radius 3 is 2.88 bits per heavy atom. The van der Waals surface area contributed by atoms with Crippen molar-refractivity contribution in [2.45, 2.75) is 64.9 Å². The number of ether oxygens (including phenoxy) is 1. The first kappa shape index (κ1) is 20.9. The van der Waals surface area contributed by atoms with Gasteiger partial charge in [-0.15, -0.1) is 0 Å². The summed E-state index contributed by atoms with van der Waals surface area (Å²) in [7, 11) is 0. The molecule has 2 fully saturated rings. The van der Waals surface area contributed by atoms with Crippen LogP contribution in [0.1, 0.15) is 58.8 Å². The van der Waals surface area contributed by atoms with Crippen LogP contribution in [0, 0.1) is 28.6 Å². The van der Waals surface area contributed by atoms with Crippen LogP contribution >= 0.6 is 11.3 Å². The van der Waals surface area contributed by atoms with Gasteiger partial charge in [0.1, 0.15) is 12.4 Å². The molecule has 176 valence electrons. The molecule has 7 rings (SSSR count). The van der Waals surface area contributed by atoms with Gasteiger partial charge in [0.25, 0.3) is 0 Å². The SMILES string of the molecule is C[C@]12CC[C@H]3[C@@H](CC=C4CCCC(Oc5cncs5)[C@@]43C)[C@@H]1CC=C2n1cnc2ccccc21. The quantitative estimate of drug-likeness (QED) is 0.375. The van der Waals surface area contributed by atoms with Gasteiger partial charge in [-0.05, 0) is 74.8 Å². The molecule has 4 nitrogen and oxygen atoms in total. The topological polar surface area (TPSA) is 39.9 Å².